The Labute approximate surface area is 287 Å². The van der Waals surface area contributed by atoms with E-state index in [0.717, 1.165) is 0 Å². The third-order valence-electron chi connectivity index (χ3n) is 7.63. The molecule has 4 aromatic rings. The Morgan fingerprint density at radius 3 is 2.47 bits per heavy atom. The van der Waals surface area contributed by atoms with Crippen molar-refractivity contribution >= 4 is 74.0 Å². The summed E-state index contributed by atoms with van der Waals surface area (Å²) in [5.74, 6) is -0.414. The number of anilines is 4. The highest BCUT2D eigenvalue weighted by atomic mass is 32.1. The van der Waals surface area contributed by atoms with Gasteiger partial charge in [-0.15, -0.1) is 11.3 Å². The molecule has 2 amide bonds. The van der Waals surface area contributed by atoms with Gasteiger partial charge >= 0.3 is 18.2 Å². The van der Waals surface area contributed by atoms with Crippen LogP contribution >= 0.6 is 11.3 Å². The lowest BCUT2D eigenvalue weighted by atomic mass is 9.93. The Morgan fingerprint density at radius 1 is 1.10 bits per heavy atom. The minimum absolute atomic E-state index is 0.00963. The fraction of sp³-hybridized carbons (Fsp3) is 0.515. The van der Waals surface area contributed by atoms with E-state index in [1.165, 1.54) is 35.4 Å². The van der Waals surface area contributed by atoms with Crippen LogP contribution in [-0.2, 0) is 14.2 Å². The van der Waals surface area contributed by atoms with Crippen LogP contribution < -0.4 is 20.4 Å². The van der Waals surface area contributed by atoms with E-state index < -0.39 is 35.2 Å². The number of halogens is 1. The van der Waals surface area contributed by atoms with E-state index in [2.05, 4.69) is 25.5 Å². The maximum Gasteiger partial charge on any atom is 0.414 e. The molecule has 5 rings (SSSR count). The minimum atomic E-state index is -0.762. The zero-order valence-corrected chi connectivity index (χ0v) is 30.0. The van der Waals surface area contributed by atoms with Crippen molar-refractivity contribution in [3.8, 4) is 0 Å². The summed E-state index contributed by atoms with van der Waals surface area (Å²) < 4.78 is 31.4. The predicted molar refractivity (Wildman–Crippen MR) is 186 cm³/mol. The number of alkyl carbamates (subject to hydrolysis) is 1. The van der Waals surface area contributed by atoms with Crippen LogP contribution in [0.4, 0.5) is 36.6 Å². The smallest absolute Gasteiger partial charge is 0.414 e. The first-order valence-electron chi connectivity index (χ1n) is 16.1. The van der Waals surface area contributed by atoms with Crippen LogP contribution in [0, 0.1) is 11.7 Å². The molecule has 1 aromatic carbocycles. The number of nitrogens with one attached hydrogen (secondary N) is 3. The molecular weight excluding hydrogens is 655 g/mol. The average Bonchev–Trinajstić information content (AvgIpc) is 3.60. The first-order valence-corrected chi connectivity index (χ1v) is 16.9. The number of hydrogen-bond donors (Lipinski definition) is 3. The van der Waals surface area contributed by atoms with Gasteiger partial charge in [0.25, 0.3) is 0 Å². The normalized spacial score (nSPS) is 16.8. The molecule has 2 atom stereocenters. The third-order valence-corrected chi connectivity index (χ3v) is 8.39. The van der Waals surface area contributed by atoms with Gasteiger partial charge in [0.15, 0.2) is 10.8 Å². The molecule has 14 nitrogen and oxygen atoms in total. The van der Waals surface area contributed by atoms with Gasteiger partial charge in [0.2, 0.25) is 5.95 Å². The van der Waals surface area contributed by atoms with Gasteiger partial charge in [0, 0.05) is 36.9 Å². The highest BCUT2D eigenvalue weighted by molar-refractivity contribution is 7.14. The lowest BCUT2D eigenvalue weighted by Gasteiger charge is -2.38. The zero-order chi connectivity index (χ0) is 35.8. The van der Waals surface area contributed by atoms with Crippen LogP contribution in [0.1, 0.15) is 72.3 Å². The van der Waals surface area contributed by atoms with Gasteiger partial charge in [-0.1, -0.05) is 6.92 Å². The van der Waals surface area contributed by atoms with Gasteiger partial charge < -0.3 is 29.4 Å². The minimum Gasteiger partial charge on any atom is -0.461 e. The number of nitrogens with zero attached hydrogens (tertiary/aromatic N) is 5. The van der Waals surface area contributed by atoms with Crippen molar-refractivity contribution in [3.63, 3.8) is 0 Å². The SMILES string of the molecule is CCOC(=O)c1csc(Nc2nc(N3CC[C@@H](NC(=O)OC(C)(C)C)[C@H](C)C3)c3c(n2)[nH]c2c(N(C)C(=O)OC(C)(C)C)cc(F)cc23)n1. The highest BCUT2D eigenvalue weighted by Crippen LogP contribution is 2.39. The van der Waals surface area contributed by atoms with Crippen LogP contribution in [0.5, 0.6) is 0 Å². The van der Waals surface area contributed by atoms with Gasteiger partial charge in [0.1, 0.15) is 28.5 Å². The fourth-order valence-corrected chi connectivity index (χ4v) is 6.22. The quantitative estimate of drug-likeness (QED) is 0.138. The molecule has 0 saturated carbocycles. The van der Waals surface area contributed by atoms with Gasteiger partial charge in [-0.25, -0.2) is 23.8 Å². The number of piperidine rings is 1. The van der Waals surface area contributed by atoms with E-state index in [9.17, 15) is 14.4 Å². The number of fused-ring (bicyclic) bond motifs is 3. The number of esters is 1. The van der Waals surface area contributed by atoms with Crippen LogP contribution in [-0.4, -0.2) is 82.1 Å². The number of aromatic nitrogens is 4. The number of rotatable bonds is 7. The Hall–Kier alpha value is -4.73. The summed E-state index contributed by atoms with van der Waals surface area (Å²) in [6.07, 6.45) is -0.540. The summed E-state index contributed by atoms with van der Waals surface area (Å²) in [7, 11) is 1.51. The molecule has 0 spiro atoms. The number of benzene rings is 1. The van der Waals surface area contributed by atoms with Crippen molar-refractivity contribution in [3.05, 3.63) is 29.0 Å². The maximum absolute atomic E-state index is 15.3. The topological polar surface area (TPSA) is 164 Å². The molecular formula is C33H43FN8O6S. The van der Waals surface area contributed by atoms with Gasteiger partial charge in [-0.05, 0) is 72.9 Å². The van der Waals surface area contributed by atoms with Crippen LogP contribution in [0.15, 0.2) is 17.5 Å². The van der Waals surface area contributed by atoms with E-state index >= 15 is 4.39 Å². The molecule has 1 fully saturated rings. The molecule has 0 radical (unpaired) electrons. The Morgan fingerprint density at radius 2 is 1.82 bits per heavy atom. The molecule has 3 aromatic heterocycles. The summed E-state index contributed by atoms with van der Waals surface area (Å²) in [5, 5.41) is 9.07. The highest BCUT2D eigenvalue weighted by Gasteiger charge is 2.32. The van der Waals surface area contributed by atoms with Crippen molar-refractivity contribution in [2.75, 3.05) is 41.9 Å². The monoisotopic (exact) mass is 698 g/mol. The molecule has 3 N–H and O–H groups in total. The zero-order valence-electron chi connectivity index (χ0n) is 29.2. The number of H-pyrrole nitrogens is 1. The molecule has 1 aliphatic heterocycles. The second-order valence-electron chi connectivity index (χ2n) is 14.0. The van der Waals surface area contributed by atoms with Crippen molar-refractivity contribution in [2.24, 2.45) is 5.92 Å². The van der Waals surface area contributed by atoms with Gasteiger partial charge in [-0.3, -0.25) is 10.2 Å². The molecule has 0 aliphatic carbocycles. The summed E-state index contributed by atoms with van der Waals surface area (Å²) in [6, 6.07) is 2.50. The largest absolute Gasteiger partial charge is 0.461 e. The second kappa shape index (κ2) is 13.6. The molecule has 1 saturated heterocycles. The van der Waals surface area contributed by atoms with Crippen molar-refractivity contribution in [1.29, 1.82) is 0 Å². The predicted octanol–water partition coefficient (Wildman–Crippen LogP) is 6.74. The molecule has 4 heterocycles. The van der Waals surface area contributed by atoms with Crippen molar-refractivity contribution in [2.45, 2.75) is 79.1 Å². The number of hydrogen-bond acceptors (Lipinski definition) is 12. The van der Waals surface area contributed by atoms with Crippen molar-refractivity contribution in [1.82, 2.24) is 25.3 Å². The molecule has 49 heavy (non-hydrogen) atoms. The fourth-order valence-electron chi connectivity index (χ4n) is 5.54. The van der Waals surface area contributed by atoms with E-state index in [1.807, 2.05) is 27.7 Å². The average molecular weight is 699 g/mol. The first kappa shape index (κ1) is 35.6. The second-order valence-corrected chi connectivity index (χ2v) is 14.8. The summed E-state index contributed by atoms with van der Waals surface area (Å²) in [5.41, 5.74) is -0.127. The number of thiazole rings is 1. The first-order chi connectivity index (χ1) is 22.9. The standard InChI is InChI=1S/C33H43FN8O6S/c1-10-46-27(43)21-16-49-29(35-21)40-28-38-25-23(19-13-18(34)14-22(24(19)37-25)41(9)31(45)48-33(6,7)8)26(39-28)42-12-11-20(17(2)15-42)36-30(44)47-32(3,4)5/h13-14,16-17,20H,10-12,15H2,1-9H3,(H,36,44)(H2,35,37,38,39,40)/t17-,20-/m1/s1. The van der Waals surface area contributed by atoms with Crippen LogP contribution in [0.2, 0.25) is 0 Å². The Kier molecular flexibility index (Phi) is 9.91. The number of ether oxygens (including phenoxy) is 3. The van der Waals surface area contributed by atoms with Crippen LogP contribution in [0.3, 0.4) is 0 Å². The molecule has 16 heteroatoms. The summed E-state index contributed by atoms with van der Waals surface area (Å²) in [4.78, 5) is 58.4. The van der Waals surface area contributed by atoms with E-state index in [0.29, 0.717) is 52.4 Å². The van der Waals surface area contributed by atoms with Gasteiger partial charge in [-0.2, -0.15) is 9.97 Å². The van der Waals surface area contributed by atoms with E-state index in [4.69, 9.17) is 24.2 Å². The van der Waals surface area contributed by atoms with Crippen molar-refractivity contribution < 1.29 is 33.0 Å². The summed E-state index contributed by atoms with van der Waals surface area (Å²) in [6.45, 7) is 15.7. The number of carbonyl (C=O) groups excluding carboxylic acids is 3. The molecule has 0 bridgehead atoms. The number of amides is 2. The summed E-state index contributed by atoms with van der Waals surface area (Å²) >= 11 is 1.19. The van der Waals surface area contributed by atoms with E-state index in [1.54, 1.807) is 33.1 Å². The lowest BCUT2D eigenvalue weighted by molar-refractivity contribution is 0.0477. The molecule has 264 valence electrons. The molecule has 1 aliphatic rings. The maximum atomic E-state index is 15.3. The lowest BCUT2D eigenvalue weighted by Crippen LogP contribution is -2.51. The van der Waals surface area contributed by atoms with E-state index in [-0.39, 0.29) is 35.9 Å². The molecule has 0 unspecified atom stereocenters. The van der Waals surface area contributed by atoms with Crippen LogP contribution in [0.25, 0.3) is 21.9 Å². The third kappa shape index (κ3) is 8.29. The number of aromatic amines is 1. The number of carbonyl (C=O) groups is 3. The Balaban J connectivity index is 1.56. The Bertz CT molecular complexity index is 1880. The van der Waals surface area contributed by atoms with Gasteiger partial charge in [0.05, 0.1) is 23.2 Å².